The Morgan fingerprint density at radius 3 is 2.40 bits per heavy atom. The highest BCUT2D eigenvalue weighted by Crippen LogP contribution is 2.31. The summed E-state index contributed by atoms with van der Waals surface area (Å²) < 4.78 is 1.60. The summed E-state index contributed by atoms with van der Waals surface area (Å²) in [5.74, 6) is 0. The molecule has 30 heavy (non-hydrogen) atoms. The van der Waals surface area contributed by atoms with Crippen LogP contribution < -0.4 is 10.5 Å². The highest BCUT2D eigenvalue weighted by atomic mass is 16.1. The first kappa shape index (κ1) is 18.9. The standard InChI is InChI=1S/C24H27N5O/c1-16(2)27-11-13-28(14-12-27)21-10-9-19-22(17(21)3)25-15-20-23(19)26-29(24(20)30)18-7-5-4-6-8-18/h4-10,15-16,26H,11-14H2,1-3H3. The van der Waals surface area contributed by atoms with Gasteiger partial charge >= 0.3 is 0 Å². The van der Waals surface area contributed by atoms with Gasteiger partial charge in [0.15, 0.2) is 0 Å². The van der Waals surface area contributed by atoms with Gasteiger partial charge in [-0.15, -0.1) is 0 Å². The van der Waals surface area contributed by atoms with Crippen molar-refractivity contribution in [3.63, 3.8) is 0 Å². The number of hydrogen-bond donors (Lipinski definition) is 1. The Morgan fingerprint density at radius 2 is 1.70 bits per heavy atom. The second-order valence-electron chi connectivity index (χ2n) is 8.36. The Labute approximate surface area is 175 Å². The van der Waals surface area contributed by atoms with Crippen LogP contribution in [0.3, 0.4) is 0 Å². The first-order valence-corrected chi connectivity index (χ1v) is 10.6. The minimum atomic E-state index is -0.0721. The Bertz CT molecular complexity index is 1260. The Balaban J connectivity index is 1.58. The van der Waals surface area contributed by atoms with Gasteiger partial charge in [-0.25, -0.2) is 4.68 Å². The maximum absolute atomic E-state index is 12.9. The molecule has 0 unspecified atom stereocenters. The maximum atomic E-state index is 12.9. The van der Waals surface area contributed by atoms with Crippen molar-refractivity contribution in [3.05, 3.63) is 64.6 Å². The van der Waals surface area contributed by atoms with Crippen LogP contribution in [0.4, 0.5) is 5.69 Å². The number of piperazine rings is 1. The normalized spacial score (nSPS) is 15.5. The molecule has 0 spiro atoms. The first-order valence-electron chi connectivity index (χ1n) is 10.6. The van der Waals surface area contributed by atoms with Gasteiger partial charge in [0.2, 0.25) is 0 Å². The van der Waals surface area contributed by atoms with E-state index < -0.39 is 0 Å². The number of aryl methyl sites for hydroxylation is 1. The fourth-order valence-electron chi connectivity index (χ4n) is 4.54. The number of aromatic nitrogens is 3. The van der Waals surface area contributed by atoms with Crippen LogP contribution in [0.2, 0.25) is 0 Å². The van der Waals surface area contributed by atoms with E-state index in [0.29, 0.717) is 11.4 Å². The van der Waals surface area contributed by atoms with Crippen molar-refractivity contribution < 1.29 is 0 Å². The molecule has 0 radical (unpaired) electrons. The van der Waals surface area contributed by atoms with Gasteiger partial charge in [0, 0.05) is 49.5 Å². The molecule has 0 atom stereocenters. The highest BCUT2D eigenvalue weighted by molar-refractivity contribution is 6.05. The summed E-state index contributed by atoms with van der Waals surface area (Å²) in [6.45, 7) is 10.9. The van der Waals surface area contributed by atoms with E-state index in [-0.39, 0.29) is 5.56 Å². The lowest BCUT2D eigenvalue weighted by Gasteiger charge is -2.38. The summed E-state index contributed by atoms with van der Waals surface area (Å²) in [7, 11) is 0. The predicted octanol–water partition coefficient (Wildman–Crippen LogP) is 3.71. The van der Waals surface area contributed by atoms with Gasteiger partial charge in [-0.3, -0.25) is 19.8 Å². The molecule has 1 fully saturated rings. The van der Waals surface area contributed by atoms with Gasteiger partial charge in [0.05, 0.1) is 22.1 Å². The Morgan fingerprint density at radius 1 is 0.967 bits per heavy atom. The summed E-state index contributed by atoms with van der Waals surface area (Å²) >= 11 is 0. The molecule has 0 bridgehead atoms. The number of fused-ring (bicyclic) bond motifs is 3. The molecular weight excluding hydrogens is 374 g/mol. The molecule has 6 heteroatoms. The van der Waals surface area contributed by atoms with Crippen LogP contribution in [0.5, 0.6) is 0 Å². The highest BCUT2D eigenvalue weighted by Gasteiger charge is 2.21. The lowest BCUT2D eigenvalue weighted by molar-refractivity contribution is 0.209. The van der Waals surface area contributed by atoms with Gasteiger partial charge in [0.1, 0.15) is 0 Å². The molecule has 5 rings (SSSR count). The second-order valence-corrected chi connectivity index (χ2v) is 8.36. The Hall–Kier alpha value is -3.12. The van der Waals surface area contributed by atoms with Gasteiger partial charge in [0.25, 0.3) is 5.56 Å². The largest absolute Gasteiger partial charge is 0.369 e. The third-order valence-corrected chi connectivity index (χ3v) is 6.32. The zero-order chi connectivity index (χ0) is 20.8. The van der Waals surface area contributed by atoms with Gasteiger partial charge < -0.3 is 4.90 Å². The van der Waals surface area contributed by atoms with Gasteiger partial charge in [-0.2, -0.15) is 0 Å². The molecule has 4 aromatic rings. The molecule has 0 amide bonds. The first-order chi connectivity index (χ1) is 14.5. The number of anilines is 1. The summed E-state index contributed by atoms with van der Waals surface area (Å²) in [5.41, 5.74) is 4.95. The van der Waals surface area contributed by atoms with E-state index in [9.17, 15) is 4.79 Å². The topological polar surface area (TPSA) is 57.2 Å². The van der Waals surface area contributed by atoms with Crippen molar-refractivity contribution in [1.82, 2.24) is 19.7 Å². The van der Waals surface area contributed by atoms with Crippen LogP contribution in [0, 0.1) is 6.92 Å². The van der Waals surface area contributed by atoms with E-state index in [2.05, 4.69) is 47.8 Å². The number of hydrogen-bond acceptors (Lipinski definition) is 4. The van der Waals surface area contributed by atoms with Crippen LogP contribution in [0.15, 0.2) is 53.5 Å². The number of rotatable bonds is 3. The van der Waals surface area contributed by atoms with Crippen molar-refractivity contribution in [1.29, 1.82) is 0 Å². The fraction of sp³-hybridized carbons (Fsp3) is 0.333. The van der Waals surface area contributed by atoms with Crippen LogP contribution in [0.25, 0.3) is 27.5 Å². The number of H-pyrrole nitrogens is 1. The second kappa shape index (κ2) is 7.29. The van der Waals surface area contributed by atoms with E-state index >= 15 is 0 Å². The molecule has 1 aliphatic heterocycles. The number of nitrogens with one attached hydrogen (secondary N) is 1. The summed E-state index contributed by atoms with van der Waals surface area (Å²) in [4.78, 5) is 22.6. The number of nitrogens with zero attached hydrogens (tertiary/aromatic N) is 4. The zero-order valence-corrected chi connectivity index (χ0v) is 17.7. The summed E-state index contributed by atoms with van der Waals surface area (Å²) in [6.07, 6.45) is 1.71. The number of aromatic amines is 1. The zero-order valence-electron chi connectivity index (χ0n) is 17.7. The van der Waals surface area contributed by atoms with Gasteiger partial charge in [-0.05, 0) is 50.6 Å². The van der Waals surface area contributed by atoms with Crippen LogP contribution in [-0.2, 0) is 0 Å². The number of pyridine rings is 1. The maximum Gasteiger partial charge on any atom is 0.280 e. The van der Waals surface area contributed by atoms with Crippen molar-refractivity contribution >= 4 is 27.5 Å². The molecule has 1 N–H and O–H groups in total. The van der Waals surface area contributed by atoms with Crippen LogP contribution in [-0.4, -0.2) is 51.9 Å². The molecule has 3 heterocycles. The SMILES string of the molecule is Cc1c(N2CCN(C(C)C)CC2)ccc2c1ncc1c(=O)n(-c3ccccc3)[nH]c12. The van der Waals surface area contributed by atoms with E-state index in [1.165, 1.54) is 11.3 Å². The molecule has 1 aliphatic rings. The molecule has 2 aromatic heterocycles. The molecular formula is C24H27N5O. The predicted molar refractivity (Wildman–Crippen MR) is 123 cm³/mol. The third kappa shape index (κ3) is 2.99. The van der Waals surface area contributed by atoms with Crippen molar-refractivity contribution in [2.24, 2.45) is 0 Å². The van der Waals surface area contributed by atoms with E-state index in [0.717, 1.165) is 48.3 Å². The summed E-state index contributed by atoms with van der Waals surface area (Å²) in [5, 5.41) is 4.91. The van der Waals surface area contributed by atoms with Crippen molar-refractivity contribution in [2.45, 2.75) is 26.8 Å². The van der Waals surface area contributed by atoms with E-state index in [4.69, 9.17) is 4.98 Å². The molecule has 2 aromatic carbocycles. The minimum absolute atomic E-state index is 0.0721. The van der Waals surface area contributed by atoms with E-state index in [1.807, 2.05) is 30.3 Å². The molecule has 6 nitrogen and oxygen atoms in total. The quantitative estimate of drug-likeness (QED) is 0.569. The molecule has 0 saturated carbocycles. The van der Waals surface area contributed by atoms with Gasteiger partial charge in [-0.1, -0.05) is 18.2 Å². The van der Waals surface area contributed by atoms with E-state index in [1.54, 1.807) is 10.9 Å². The molecule has 0 aliphatic carbocycles. The number of para-hydroxylation sites is 1. The Kier molecular flexibility index (Phi) is 4.59. The summed E-state index contributed by atoms with van der Waals surface area (Å²) in [6, 6.07) is 14.5. The average molecular weight is 402 g/mol. The lowest BCUT2D eigenvalue weighted by atomic mass is 10.1. The lowest BCUT2D eigenvalue weighted by Crippen LogP contribution is -2.49. The third-order valence-electron chi connectivity index (χ3n) is 6.32. The van der Waals surface area contributed by atoms with Crippen LogP contribution in [0.1, 0.15) is 19.4 Å². The monoisotopic (exact) mass is 401 g/mol. The molecule has 154 valence electrons. The minimum Gasteiger partial charge on any atom is -0.369 e. The number of benzene rings is 2. The van der Waals surface area contributed by atoms with Crippen LogP contribution >= 0.6 is 0 Å². The van der Waals surface area contributed by atoms with Crippen molar-refractivity contribution in [2.75, 3.05) is 31.1 Å². The molecule has 1 saturated heterocycles. The average Bonchev–Trinajstić information content (AvgIpc) is 3.12. The smallest absolute Gasteiger partial charge is 0.280 e. The van der Waals surface area contributed by atoms with Crippen molar-refractivity contribution in [3.8, 4) is 5.69 Å². The fourth-order valence-corrected chi connectivity index (χ4v) is 4.54.